The summed E-state index contributed by atoms with van der Waals surface area (Å²) in [6, 6.07) is 0. The zero-order valence-corrected chi connectivity index (χ0v) is 12.7. The van der Waals surface area contributed by atoms with Crippen LogP contribution in [0.1, 0.15) is 34.6 Å². The summed E-state index contributed by atoms with van der Waals surface area (Å²) in [4.78, 5) is 17.3. The minimum atomic E-state index is -0.978. The Bertz CT molecular complexity index is 703. The molecule has 1 saturated heterocycles. The number of nitrogens with one attached hydrogen (secondary N) is 1. The summed E-state index contributed by atoms with van der Waals surface area (Å²) in [6.45, 7) is 2.32. The molecule has 2 aromatic heterocycles. The van der Waals surface area contributed by atoms with E-state index in [1.54, 1.807) is 5.38 Å². The van der Waals surface area contributed by atoms with Gasteiger partial charge in [0.1, 0.15) is 5.60 Å². The lowest BCUT2D eigenvalue weighted by atomic mass is 9.84. The highest BCUT2D eigenvalue weighted by molar-refractivity contribution is 7.13. The van der Waals surface area contributed by atoms with E-state index >= 15 is 0 Å². The first-order valence-electron chi connectivity index (χ1n) is 7.28. The third-order valence-electron chi connectivity index (χ3n) is 4.48. The first-order chi connectivity index (χ1) is 10.7. The number of ether oxygens (including phenoxy) is 1. The number of carbonyl (C=O) groups is 1. The van der Waals surface area contributed by atoms with Crippen LogP contribution in [-0.2, 0) is 16.8 Å². The minimum absolute atomic E-state index is 0.116. The smallest absolute Gasteiger partial charge is 0.355 e. The van der Waals surface area contributed by atoms with E-state index in [-0.39, 0.29) is 11.3 Å². The van der Waals surface area contributed by atoms with Crippen LogP contribution in [-0.4, -0.2) is 46.0 Å². The Hall–Kier alpha value is -1.93. The lowest BCUT2D eigenvalue weighted by Crippen LogP contribution is -2.46. The monoisotopic (exact) mass is 320 g/mol. The molecule has 2 aromatic rings. The fraction of sp³-hybridized carbons (Fsp3) is 0.500. The van der Waals surface area contributed by atoms with Crippen LogP contribution < -0.4 is 4.90 Å². The van der Waals surface area contributed by atoms with Crippen LogP contribution in [0.2, 0.25) is 0 Å². The fourth-order valence-corrected chi connectivity index (χ4v) is 4.14. The number of thiazole rings is 1. The molecule has 1 fully saturated rings. The first kappa shape index (κ1) is 13.7. The van der Waals surface area contributed by atoms with Gasteiger partial charge in [-0.05, 0) is 24.8 Å². The topological polar surface area (TPSA) is 91.3 Å². The number of carboxylic acids is 1. The van der Waals surface area contributed by atoms with Gasteiger partial charge in [0.2, 0.25) is 0 Å². The molecule has 8 heteroatoms. The summed E-state index contributed by atoms with van der Waals surface area (Å²) in [5.41, 5.74) is 2.21. The van der Waals surface area contributed by atoms with Crippen molar-refractivity contribution in [3.05, 3.63) is 28.5 Å². The average Bonchev–Trinajstić information content (AvgIpc) is 3.18. The molecule has 0 atom stereocenters. The summed E-state index contributed by atoms with van der Waals surface area (Å²) in [5, 5.41) is 18.6. The number of hydrogen-bond donors (Lipinski definition) is 2. The number of piperidine rings is 1. The highest BCUT2D eigenvalue weighted by Gasteiger charge is 2.42. The van der Waals surface area contributed by atoms with Gasteiger partial charge in [0.05, 0.1) is 18.5 Å². The molecule has 22 heavy (non-hydrogen) atoms. The minimum Gasteiger partial charge on any atom is -0.476 e. The number of carboxylic acid groups (broad SMARTS) is 1. The number of rotatable bonds is 2. The molecule has 2 aliphatic rings. The predicted molar refractivity (Wildman–Crippen MR) is 80.4 cm³/mol. The molecule has 4 heterocycles. The van der Waals surface area contributed by atoms with Gasteiger partial charge in [-0.2, -0.15) is 5.10 Å². The van der Waals surface area contributed by atoms with Gasteiger partial charge in [-0.25, -0.2) is 9.78 Å². The molecule has 0 aromatic carbocycles. The van der Waals surface area contributed by atoms with Gasteiger partial charge in [0, 0.05) is 18.5 Å². The average molecular weight is 320 g/mol. The van der Waals surface area contributed by atoms with Crippen LogP contribution in [0.4, 0.5) is 5.13 Å². The van der Waals surface area contributed by atoms with E-state index in [1.807, 2.05) is 6.20 Å². The van der Waals surface area contributed by atoms with Crippen LogP contribution in [0.5, 0.6) is 0 Å². The van der Waals surface area contributed by atoms with E-state index in [0.717, 1.165) is 49.8 Å². The SMILES string of the molecule is O=C(O)c1csc(N2CCC3(CC2)OCCc2cn[nH]c23)n1. The van der Waals surface area contributed by atoms with E-state index in [0.29, 0.717) is 0 Å². The second-order valence-electron chi connectivity index (χ2n) is 5.67. The molecule has 0 aliphatic carbocycles. The number of fused-ring (bicyclic) bond motifs is 2. The van der Waals surface area contributed by atoms with Gasteiger partial charge >= 0.3 is 5.97 Å². The standard InChI is InChI=1S/C14H16N4O3S/c19-12(20)10-8-22-13(16-10)18-4-2-14(3-5-18)11-9(1-6-21-14)7-15-17-11/h7-8H,1-6H2,(H,15,17)(H,19,20). The molecule has 4 rings (SSSR count). The van der Waals surface area contributed by atoms with E-state index < -0.39 is 5.97 Å². The Morgan fingerprint density at radius 3 is 3.00 bits per heavy atom. The van der Waals surface area contributed by atoms with Crippen molar-refractivity contribution >= 4 is 22.4 Å². The predicted octanol–water partition coefficient (Wildman–Crippen LogP) is 1.63. The summed E-state index contributed by atoms with van der Waals surface area (Å²) >= 11 is 1.38. The number of anilines is 1. The first-order valence-corrected chi connectivity index (χ1v) is 8.16. The van der Waals surface area contributed by atoms with Crippen LogP contribution in [0.3, 0.4) is 0 Å². The number of aromatic carboxylic acids is 1. The maximum absolute atomic E-state index is 10.9. The lowest BCUT2D eigenvalue weighted by molar-refractivity contribution is -0.0795. The molecular weight excluding hydrogens is 304 g/mol. The number of hydrogen-bond acceptors (Lipinski definition) is 6. The molecule has 7 nitrogen and oxygen atoms in total. The number of H-pyrrole nitrogens is 1. The number of nitrogens with zero attached hydrogens (tertiary/aromatic N) is 3. The van der Waals surface area contributed by atoms with Crippen molar-refractivity contribution in [2.24, 2.45) is 0 Å². The van der Waals surface area contributed by atoms with Crippen LogP contribution in [0.25, 0.3) is 0 Å². The third-order valence-corrected chi connectivity index (χ3v) is 5.38. The Labute approximate surface area is 130 Å². The molecule has 1 spiro atoms. The van der Waals surface area contributed by atoms with Crippen molar-refractivity contribution in [3.8, 4) is 0 Å². The Balaban J connectivity index is 1.52. The molecule has 2 N–H and O–H groups in total. The number of aromatic amines is 1. The third kappa shape index (κ3) is 2.10. The molecule has 0 radical (unpaired) electrons. The molecule has 2 aliphatic heterocycles. The molecule has 0 amide bonds. The highest BCUT2D eigenvalue weighted by atomic mass is 32.1. The molecule has 0 bridgehead atoms. The quantitative estimate of drug-likeness (QED) is 0.874. The van der Waals surface area contributed by atoms with E-state index in [2.05, 4.69) is 20.1 Å². The zero-order chi connectivity index (χ0) is 15.2. The largest absolute Gasteiger partial charge is 0.476 e. The van der Waals surface area contributed by atoms with Crippen molar-refractivity contribution in [3.63, 3.8) is 0 Å². The van der Waals surface area contributed by atoms with Crippen molar-refractivity contribution < 1.29 is 14.6 Å². The van der Waals surface area contributed by atoms with Crippen molar-refractivity contribution in [2.75, 3.05) is 24.6 Å². The van der Waals surface area contributed by atoms with Gasteiger partial charge < -0.3 is 14.7 Å². The van der Waals surface area contributed by atoms with Crippen LogP contribution in [0.15, 0.2) is 11.6 Å². The van der Waals surface area contributed by atoms with Crippen molar-refractivity contribution in [1.29, 1.82) is 0 Å². The second kappa shape index (κ2) is 5.06. The van der Waals surface area contributed by atoms with E-state index in [9.17, 15) is 4.79 Å². The van der Waals surface area contributed by atoms with E-state index in [1.165, 1.54) is 16.9 Å². The van der Waals surface area contributed by atoms with Gasteiger partial charge in [0.15, 0.2) is 10.8 Å². The molecule has 0 unspecified atom stereocenters. The van der Waals surface area contributed by atoms with Gasteiger partial charge in [0.25, 0.3) is 0 Å². The van der Waals surface area contributed by atoms with Crippen LogP contribution in [0, 0.1) is 0 Å². The Kier molecular flexibility index (Phi) is 3.16. The summed E-state index contributed by atoms with van der Waals surface area (Å²) in [6.07, 6.45) is 4.51. The summed E-state index contributed by atoms with van der Waals surface area (Å²) in [5.74, 6) is -0.978. The number of aromatic nitrogens is 3. The molecule has 0 saturated carbocycles. The Morgan fingerprint density at radius 1 is 1.45 bits per heavy atom. The zero-order valence-electron chi connectivity index (χ0n) is 11.9. The fourth-order valence-electron chi connectivity index (χ4n) is 3.28. The maximum Gasteiger partial charge on any atom is 0.355 e. The van der Waals surface area contributed by atoms with Crippen LogP contribution >= 0.6 is 11.3 Å². The van der Waals surface area contributed by atoms with Gasteiger partial charge in [-0.1, -0.05) is 0 Å². The molecule has 116 valence electrons. The molecular formula is C14H16N4O3S. The maximum atomic E-state index is 10.9. The van der Waals surface area contributed by atoms with Gasteiger partial charge in [-0.15, -0.1) is 11.3 Å². The highest BCUT2D eigenvalue weighted by Crippen LogP contribution is 2.41. The van der Waals surface area contributed by atoms with E-state index in [4.69, 9.17) is 9.84 Å². The normalized spacial score (nSPS) is 20.1. The second-order valence-corrected chi connectivity index (χ2v) is 6.51. The van der Waals surface area contributed by atoms with Crippen molar-refractivity contribution in [1.82, 2.24) is 15.2 Å². The summed E-state index contributed by atoms with van der Waals surface area (Å²) in [7, 11) is 0. The lowest BCUT2D eigenvalue weighted by Gasteiger charge is -2.43. The summed E-state index contributed by atoms with van der Waals surface area (Å²) < 4.78 is 6.11. The van der Waals surface area contributed by atoms with Crippen molar-refractivity contribution in [2.45, 2.75) is 24.9 Å². The van der Waals surface area contributed by atoms with Gasteiger partial charge in [-0.3, -0.25) is 5.10 Å². The Morgan fingerprint density at radius 2 is 2.27 bits per heavy atom.